The van der Waals surface area contributed by atoms with Crippen LogP contribution in [-0.4, -0.2) is 34.9 Å². The number of nitrogens with zero attached hydrogens (tertiary/aromatic N) is 1. The van der Waals surface area contributed by atoms with Crippen LogP contribution in [0.3, 0.4) is 0 Å². The van der Waals surface area contributed by atoms with Crippen LogP contribution < -0.4 is 10.6 Å². The molecule has 0 bridgehead atoms. The average Bonchev–Trinajstić information content (AvgIpc) is 2.53. The van der Waals surface area contributed by atoms with Gasteiger partial charge in [0.15, 0.2) is 5.11 Å². The van der Waals surface area contributed by atoms with Gasteiger partial charge in [-0.25, -0.2) is 0 Å². The third kappa shape index (κ3) is 7.65. The second-order valence-corrected chi connectivity index (χ2v) is 6.88. The van der Waals surface area contributed by atoms with E-state index in [9.17, 15) is 9.59 Å². The summed E-state index contributed by atoms with van der Waals surface area (Å²) in [6.45, 7) is 9.56. The van der Waals surface area contributed by atoms with Crippen molar-refractivity contribution < 1.29 is 9.59 Å². The van der Waals surface area contributed by atoms with Crippen LogP contribution in [0.5, 0.6) is 0 Å². The SMILES string of the molecule is CCCN(CCC)C(=O)c1cccc(NC(=S)NC(=O)CC(C)C)c1. The molecule has 0 fully saturated rings. The van der Waals surface area contributed by atoms with Gasteiger partial charge in [0, 0.05) is 30.8 Å². The maximum absolute atomic E-state index is 12.7. The second kappa shape index (κ2) is 10.8. The molecule has 0 aromatic heterocycles. The number of benzene rings is 1. The lowest BCUT2D eigenvalue weighted by atomic mass is 10.1. The van der Waals surface area contributed by atoms with Crippen molar-refractivity contribution in [1.29, 1.82) is 0 Å². The van der Waals surface area contributed by atoms with E-state index in [1.54, 1.807) is 12.1 Å². The van der Waals surface area contributed by atoms with Crippen LogP contribution in [0.15, 0.2) is 24.3 Å². The minimum atomic E-state index is -0.114. The Balaban J connectivity index is 2.75. The van der Waals surface area contributed by atoms with Gasteiger partial charge in [0.25, 0.3) is 5.91 Å². The highest BCUT2D eigenvalue weighted by molar-refractivity contribution is 7.80. The number of carbonyl (C=O) groups is 2. The fraction of sp³-hybridized carbons (Fsp3) is 0.526. The fourth-order valence-electron chi connectivity index (χ4n) is 2.48. The molecule has 2 amide bonds. The molecule has 0 radical (unpaired) electrons. The summed E-state index contributed by atoms with van der Waals surface area (Å²) in [7, 11) is 0. The molecule has 0 spiro atoms. The van der Waals surface area contributed by atoms with Gasteiger partial charge in [-0.2, -0.15) is 0 Å². The van der Waals surface area contributed by atoms with Crippen molar-refractivity contribution in [2.45, 2.75) is 47.0 Å². The molecule has 2 N–H and O–H groups in total. The van der Waals surface area contributed by atoms with Crippen LogP contribution in [0.4, 0.5) is 5.69 Å². The van der Waals surface area contributed by atoms with Gasteiger partial charge in [0.1, 0.15) is 0 Å². The van der Waals surface area contributed by atoms with Gasteiger partial charge >= 0.3 is 0 Å². The molecule has 1 aromatic carbocycles. The molecule has 0 aliphatic rings. The maximum Gasteiger partial charge on any atom is 0.253 e. The summed E-state index contributed by atoms with van der Waals surface area (Å²) in [4.78, 5) is 26.3. The van der Waals surface area contributed by atoms with E-state index in [0.29, 0.717) is 17.7 Å². The van der Waals surface area contributed by atoms with E-state index in [1.807, 2.05) is 30.9 Å². The van der Waals surface area contributed by atoms with Crippen LogP contribution in [0.1, 0.15) is 57.3 Å². The molecule has 0 unspecified atom stereocenters. The highest BCUT2D eigenvalue weighted by atomic mass is 32.1. The lowest BCUT2D eigenvalue weighted by molar-refractivity contribution is -0.120. The van der Waals surface area contributed by atoms with Crippen LogP contribution >= 0.6 is 12.2 Å². The molecule has 1 aromatic rings. The maximum atomic E-state index is 12.7. The van der Waals surface area contributed by atoms with Crippen LogP contribution in [0.2, 0.25) is 0 Å². The first kappa shape index (κ1) is 21.1. The predicted molar refractivity (Wildman–Crippen MR) is 107 cm³/mol. The lowest BCUT2D eigenvalue weighted by Gasteiger charge is -2.22. The second-order valence-electron chi connectivity index (χ2n) is 6.47. The van der Waals surface area contributed by atoms with Gasteiger partial charge in [-0.05, 0) is 49.2 Å². The number of hydrogen-bond acceptors (Lipinski definition) is 3. The third-order valence-corrected chi connectivity index (χ3v) is 3.69. The minimum Gasteiger partial charge on any atom is -0.339 e. The van der Waals surface area contributed by atoms with Gasteiger partial charge in [0.05, 0.1) is 0 Å². The molecular weight excluding hydrogens is 334 g/mol. The Labute approximate surface area is 156 Å². The molecule has 0 heterocycles. The number of thiocarbonyl (C=S) groups is 1. The van der Waals surface area contributed by atoms with Gasteiger partial charge in [0.2, 0.25) is 5.91 Å². The molecule has 6 heteroatoms. The van der Waals surface area contributed by atoms with E-state index in [-0.39, 0.29) is 22.8 Å². The molecule has 1 rings (SSSR count). The third-order valence-electron chi connectivity index (χ3n) is 3.49. The van der Waals surface area contributed by atoms with Crippen molar-refractivity contribution >= 4 is 34.8 Å². The van der Waals surface area contributed by atoms with E-state index in [4.69, 9.17) is 12.2 Å². The van der Waals surface area contributed by atoms with Crippen LogP contribution in [-0.2, 0) is 4.79 Å². The Kier molecular flexibility index (Phi) is 9.13. The molecule has 0 saturated carbocycles. The van der Waals surface area contributed by atoms with E-state index < -0.39 is 0 Å². The zero-order valence-electron chi connectivity index (χ0n) is 15.6. The zero-order chi connectivity index (χ0) is 18.8. The predicted octanol–water partition coefficient (Wildman–Crippen LogP) is 3.81. The molecule has 138 valence electrons. The van der Waals surface area contributed by atoms with Crippen molar-refractivity contribution in [3.8, 4) is 0 Å². The average molecular weight is 364 g/mol. The molecule has 0 aliphatic carbocycles. The van der Waals surface area contributed by atoms with Gasteiger partial charge in [-0.3, -0.25) is 9.59 Å². The Morgan fingerprint density at radius 2 is 1.80 bits per heavy atom. The van der Waals surface area contributed by atoms with Crippen molar-refractivity contribution in [3.63, 3.8) is 0 Å². The van der Waals surface area contributed by atoms with E-state index in [0.717, 1.165) is 25.9 Å². The normalized spacial score (nSPS) is 10.4. The highest BCUT2D eigenvalue weighted by Gasteiger charge is 2.15. The van der Waals surface area contributed by atoms with E-state index in [1.165, 1.54) is 0 Å². The van der Waals surface area contributed by atoms with Crippen LogP contribution in [0, 0.1) is 5.92 Å². The molecular formula is C19H29N3O2S. The number of nitrogens with one attached hydrogen (secondary N) is 2. The summed E-state index contributed by atoms with van der Waals surface area (Å²) in [6, 6.07) is 7.19. The lowest BCUT2D eigenvalue weighted by Crippen LogP contribution is -2.35. The van der Waals surface area contributed by atoms with Gasteiger partial charge in [-0.15, -0.1) is 0 Å². The topological polar surface area (TPSA) is 61.4 Å². The molecule has 0 saturated heterocycles. The van der Waals surface area contributed by atoms with E-state index in [2.05, 4.69) is 24.5 Å². The van der Waals surface area contributed by atoms with Crippen molar-refractivity contribution in [3.05, 3.63) is 29.8 Å². The highest BCUT2D eigenvalue weighted by Crippen LogP contribution is 2.13. The quantitative estimate of drug-likeness (QED) is 0.690. The standard InChI is InChI=1S/C19H29N3O2S/c1-5-10-22(11-6-2)18(24)15-8-7-9-16(13-15)20-19(25)21-17(23)12-14(3)4/h7-9,13-14H,5-6,10-12H2,1-4H3,(H2,20,21,23,25). The summed E-state index contributed by atoms with van der Waals surface area (Å²) in [6.07, 6.45) is 2.27. The van der Waals surface area contributed by atoms with Crippen LogP contribution in [0.25, 0.3) is 0 Å². The first-order valence-corrected chi connectivity index (χ1v) is 9.28. The van der Waals surface area contributed by atoms with Crippen molar-refractivity contribution in [2.75, 3.05) is 18.4 Å². The summed E-state index contributed by atoms with van der Waals surface area (Å²) in [5, 5.41) is 5.88. The largest absolute Gasteiger partial charge is 0.339 e. The fourth-order valence-corrected chi connectivity index (χ4v) is 2.71. The monoisotopic (exact) mass is 363 g/mol. The zero-order valence-corrected chi connectivity index (χ0v) is 16.4. The summed E-state index contributed by atoms with van der Waals surface area (Å²) >= 11 is 5.17. The molecule has 0 aliphatic heterocycles. The van der Waals surface area contributed by atoms with Gasteiger partial charge < -0.3 is 15.5 Å². The summed E-state index contributed by atoms with van der Waals surface area (Å²) < 4.78 is 0. The van der Waals surface area contributed by atoms with Crippen molar-refractivity contribution in [2.24, 2.45) is 5.92 Å². The number of amides is 2. The van der Waals surface area contributed by atoms with E-state index >= 15 is 0 Å². The molecule has 5 nitrogen and oxygen atoms in total. The Morgan fingerprint density at radius 3 is 2.36 bits per heavy atom. The summed E-state index contributed by atoms with van der Waals surface area (Å²) in [5.74, 6) is 0.172. The Bertz CT molecular complexity index is 596. The van der Waals surface area contributed by atoms with Crippen molar-refractivity contribution in [1.82, 2.24) is 10.2 Å². The number of hydrogen-bond donors (Lipinski definition) is 2. The molecule has 0 atom stereocenters. The Morgan fingerprint density at radius 1 is 1.16 bits per heavy atom. The smallest absolute Gasteiger partial charge is 0.253 e. The molecule has 25 heavy (non-hydrogen) atoms. The van der Waals surface area contributed by atoms with Gasteiger partial charge in [-0.1, -0.05) is 33.8 Å². The first-order valence-electron chi connectivity index (χ1n) is 8.87. The number of anilines is 1. The number of rotatable bonds is 8. The Hall–Kier alpha value is -1.95. The minimum absolute atomic E-state index is 0.0158. The first-order chi connectivity index (χ1) is 11.9. The number of carbonyl (C=O) groups excluding carboxylic acids is 2. The summed E-state index contributed by atoms with van der Waals surface area (Å²) in [5.41, 5.74) is 1.30.